The third kappa shape index (κ3) is 1.60. The Morgan fingerprint density at radius 2 is 2.35 bits per heavy atom. The summed E-state index contributed by atoms with van der Waals surface area (Å²) >= 11 is 5.92. The van der Waals surface area contributed by atoms with E-state index in [1.54, 1.807) is 17.8 Å². The zero-order chi connectivity index (χ0) is 12.0. The fourth-order valence-corrected chi connectivity index (χ4v) is 2.23. The molecule has 1 N–H and O–H groups in total. The summed E-state index contributed by atoms with van der Waals surface area (Å²) in [5, 5.41) is 10.5. The second kappa shape index (κ2) is 3.63. The van der Waals surface area contributed by atoms with Crippen LogP contribution in [0, 0.1) is 0 Å². The van der Waals surface area contributed by atoms with Gasteiger partial charge in [-0.15, -0.1) is 0 Å². The summed E-state index contributed by atoms with van der Waals surface area (Å²) in [5.74, 6) is 0. The highest BCUT2D eigenvalue weighted by molar-refractivity contribution is 6.33. The average Bonchev–Trinajstić information content (AvgIpc) is 2.82. The molecule has 0 radical (unpaired) electrons. The molecular formula is C10H11ClN4O2. The third-order valence-electron chi connectivity index (χ3n) is 2.98. The molecule has 0 saturated carbocycles. The Morgan fingerprint density at radius 1 is 1.53 bits per heavy atom. The lowest BCUT2D eigenvalue weighted by atomic mass is 10.0. The van der Waals surface area contributed by atoms with Gasteiger partial charge in [0.2, 0.25) is 0 Å². The molecule has 0 aromatic carbocycles. The Labute approximate surface area is 102 Å². The number of imidazole rings is 1. The van der Waals surface area contributed by atoms with Crippen molar-refractivity contribution in [3.05, 3.63) is 17.8 Å². The van der Waals surface area contributed by atoms with Gasteiger partial charge in [0.15, 0.2) is 17.0 Å². The first-order chi connectivity index (χ1) is 8.09. The maximum Gasteiger partial charge on any atom is 0.167 e. The predicted octanol–water partition coefficient (Wildman–Crippen LogP) is 1.15. The number of rotatable bonds is 1. The molecule has 1 aliphatic heterocycles. The predicted molar refractivity (Wildman–Crippen MR) is 60.6 cm³/mol. The van der Waals surface area contributed by atoms with E-state index in [4.69, 9.17) is 16.3 Å². The molecule has 7 heteroatoms. The van der Waals surface area contributed by atoms with Crippen LogP contribution < -0.4 is 0 Å². The highest BCUT2D eigenvalue weighted by Gasteiger charge is 2.40. The molecule has 0 spiro atoms. The molecule has 2 aromatic heterocycles. The van der Waals surface area contributed by atoms with Crippen molar-refractivity contribution in [3.63, 3.8) is 0 Å². The van der Waals surface area contributed by atoms with Crippen LogP contribution in [-0.2, 0) is 4.74 Å². The number of halogens is 1. The molecule has 90 valence electrons. The normalized spacial score (nSPS) is 29.0. The summed E-state index contributed by atoms with van der Waals surface area (Å²) in [7, 11) is 0. The maximum absolute atomic E-state index is 10.2. The van der Waals surface area contributed by atoms with Gasteiger partial charge < -0.3 is 9.84 Å². The quantitative estimate of drug-likeness (QED) is 0.773. The maximum atomic E-state index is 10.2. The number of aliphatic hydroxyl groups is 1. The van der Waals surface area contributed by atoms with Crippen LogP contribution in [-0.4, -0.2) is 36.8 Å². The van der Waals surface area contributed by atoms with Gasteiger partial charge in [-0.05, 0) is 6.92 Å². The molecule has 0 bridgehead atoms. The second-order valence-electron chi connectivity index (χ2n) is 4.32. The van der Waals surface area contributed by atoms with E-state index in [-0.39, 0.29) is 0 Å². The molecule has 0 aliphatic carbocycles. The Morgan fingerprint density at radius 3 is 3.06 bits per heavy atom. The summed E-state index contributed by atoms with van der Waals surface area (Å²) in [5.41, 5.74) is 0.156. The van der Waals surface area contributed by atoms with Crippen molar-refractivity contribution >= 4 is 22.8 Å². The Balaban J connectivity index is 2.15. The number of aromatic nitrogens is 4. The van der Waals surface area contributed by atoms with E-state index in [2.05, 4.69) is 15.0 Å². The smallest absolute Gasteiger partial charge is 0.167 e. The fraction of sp³-hybridized carbons (Fsp3) is 0.500. The van der Waals surface area contributed by atoms with Crippen LogP contribution in [0.15, 0.2) is 12.7 Å². The number of ether oxygens (including phenoxy) is 1. The van der Waals surface area contributed by atoms with E-state index >= 15 is 0 Å². The highest BCUT2D eigenvalue weighted by Crippen LogP contribution is 2.35. The van der Waals surface area contributed by atoms with Crippen molar-refractivity contribution in [3.8, 4) is 0 Å². The zero-order valence-electron chi connectivity index (χ0n) is 9.17. The van der Waals surface area contributed by atoms with Crippen LogP contribution in [0.5, 0.6) is 0 Å². The van der Waals surface area contributed by atoms with Crippen molar-refractivity contribution in [1.29, 1.82) is 0 Å². The van der Waals surface area contributed by atoms with Crippen molar-refractivity contribution in [2.75, 3.05) is 6.61 Å². The third-order valence-corrected chi connectivity index (χ3v) is 3.26. The van der Waals surface area contributed by atoms with Crippen molar-refractivity contribution in [1.82, 2.24) is 19.5 Å². The van der Waals surface area contributed by atoms with Crippen molar-refractivity contribution < 1.29 is 9.84 Å². The minimum Gasteiger partial charge on any atom is -0.385 e. The molecule has 0 amide bonds. The van der Waals surface area contributed by atoms with Gasteiger partial charge in [-0.25, -0.2) is 15.0 Å². The summed E-state index contributed by atoms with van der Waals surface area (Å²) in [6, 6.07) is 0. The summed E-state index contributed by atoms with van der Waals surface area (Å²) in [6.07, 6.45) is 3.02. The molecule has 3 heterocycles. The van der Waals surface area contributed by atoms with Crippen LogP contribution in [0.3, 0.4) is 0 Å². The molecule has 6 nitrogen and oxygen atoms in total. The van der Waals surface area contributed by atoms with Gasteiger partial charge in [-0.1, -0.05) is 11.6 Å². The molecule has 17 heavy (non-hydrogen) atoms. The van der Waals surface area contributed by atoms with E-state index in [1.165, 1.54) is 6.33 Å². The first-order valence-electron chi connectivity index (χ1n) is 5.26. The number of hydrogen-bond donors (Lipinski definition) is 1. The van der Waals surface area contributed by atoms with Crippen LogP contribution in [0.4, 0.5) is 0 Å². The molecule has 1 saturated heterocycles. The highest BCUT2D eigenvalue weighted by atomic mass is 35.5. The van der Waals surface area contributed by atoms with Crippen molar-refractivity contribution in [2.24, 2.45) is 0 Å². The summed E-state index contributed by atoms with van der Waals surface area (Å²) < 4.78 is 7.22. The lowest BCUT2D eigenvalue weighted by molar-refractivity contribution is -0.0657. The van der Waals surface area contributed by atoms with Crippen LogP contribution in [0.2, 0.25) is 5.15 Å². The monoisotopic (exact) mass is 254 g/mol. The lowest BCUT2D eigenvalue weighted by Crippen LogP contribution is -2.31. The lowest BCUT2D eigenvalue weighted by Gasteiger charge is -2.24. The van der Waals surface area contributed by atoms with Gasteiger partial charge in [0.05, 0.1) is 12.9 Å². The van der Waals surface area contributed by atoms with Gasteiger partial charge in [0.1, 0.15) is 17.4 Å². The Kier molecular flexibility index (Phi) is 2.32. The summed E-state index contributed by atoms with van der Waals surface area (Å²) in [6.45, 7) is 2.25. The van der Waals surface area contributed by atoms with Crippen LogP contribution >= 0.6 is 11.6 Å². The van der Waals surface area contributed by atoms with Gasteiger partial charge in [0, 0.05) is 6.42 Å². The topological polar surface area (TPSA) is 73.1 Å². The largest absolute Gasteiger partial charge is 0.385 e. The number of nitrogens with zero attached hydrogens (tertiary/aromatic N) is 4. The molecule has 2 atom stereocenters. The molecule has 0 unspecified atom stereocenters. The van der Waals surface area contributed by atoms with Gasteiger partial charge in [-0.2, -0.15) is 0 Å². The van der Waals surface area contributed by atoms with Crippen LogP contribution in [0.1, 0.15) is 19.6 Å². The molecule has 3 rings (SSSR count). The van der Waals surface area contributed by atoms with Crippen LogP contribution in [0.25, 0.3) is 11.2 Å². The SMILES string of the molecule is C[C@@]1(O)CCO[C@H]1n1cnc2c(Cl)ncnc21. The van der Waals surface area contributed by atoms with E-state index in [1.807, 2.05) is 0 Å². The molecule has 1 aliphatic rings. The first kappa shape index (κ1) is 10.9. The minimum absolute atomic E-state index is 0.298. The van der Waals surface area contributed by atoms with Crippen molar-refractivity contribution in [2.45, 2.75) is 25.2 Å². The Hall–Kier alpha value is -1.24. The van der Waals surface area contributed by atoms with Gasteiger partial charge >= 0.3 is 0 Å². The second-order valence-corrected chi connectivity index (χ2v) is 4.68. The fourth-order valence-electron chi connectivity index (χ4n) is 2.06. The minimum atomic E-state index is -0.926. The first-order valence-corrected chi connectivity index (χ1v) is 5.64. The number of hydrogen-bond acceptors (Lipinski definition) is 5. The molecule has 1 fully saturated rings. The number of fused-ring (bicyclic) bond motifs is 1. The van der Waals surface area contributed by atoms with Gasteiger partial charge in [-0.3, -0.25) is 4.57 Å². The molecular weight excluding hydrogens is 244 g/mol. The molecule has 2 aromatic rings. The summed E-state index contributed by atoms with van der Waals surface area (Å²) in [4.78, 5) is 12.1. The van der Waals surface area contributed by atoms with Gasteiger partial charge in [0.25, 0.3) is 0 Å². The average molecular weight is 255 g/mol. The Bertz CT molecular complexity index is 568. The van der Waals surface area contributed by atoms with E-state index in [0.29, 0.717) is 29.3 Å². The van der Waals surface area contributed by atoms with E-state index in [0.717, 1.165) is 0 Å². The zero-order valence-corrected chi connectivity index (χ0v) is 9.92. The standard InChI is InChI=1S/C10H11ClN4O2/c1-10(16)2-3-17-9(10)15-5-14-6-7(11)12-4-13-8(6)15/h4-5,9,16H,2-3H2,1H3/t9-,10-/m1/s1. The van der Waals surface area contributed by atoms with E-state index in [9.17, 15) is 5.11 Å². The van der Waals surface area contributed by atoms with E-state index < -0.39 is 11.8 Å².